The topological polar surface area (TPSA) is 72.9 Å². The highest BCUT2D eigenvalue weighted by atomic mass is 32.2. The number of piperidine rings is 1. The van der Waals surface area contributed by atoms with Crippen LogP contribution in [0.5, 0.6) is 5.75 Å². The Kier molecular flexibility index (Phi) is 7.54. The minimum absolute atomic E-state index is 0.258. The van der Waals surface area contributed by atoms with E-state index in [1.54, 1.807) is 4.90 Å². The van der Waals surface area contributed by atoms with Gasteiger partial charge in [0.25, 0.3) is 0 Å². The number of halogens is 1. The van der Waals surface area contributed by atoms with Crippen LogP contribution in [0.4, 0.5) is 9.18 Å². The van der Waals surface area contributed by atoms with E-state index in [9.17, 15) is 17.6 Å². The van der Waals surface area contributed by atoms with Gasteiger partial charge in [-0.2, -0.15) is 0 Å². The number of benzene rings is 1. The normalized spacial score (nSPS) is 17.1. The lowest BCUT2D eigenvalue weighted by Gasteiger charge is -2.35. The summed E-state index contributed by atoms with van der Waals surface area (Å²) >= 11 is 0. The first-order valence-electron chi connectivity index (χ1n) is 9.97. The van der Waals surface area contributed by atoms with E-state index in [2.05, 4.69) is 6.92 Å². The number of likely N-dealkylation sites (tertiary alicyclic amines) is 1. The number of nitrogens with zero attached hydrogens (tertiary/aromatic N) is 1. The average molecular weight is 430 g/mol. The van der Waals surface area contributed by atoms with E-state index in [-0.39, 0.29) is 11.0 Å². The molecular weight excluding hydrogens is 397 g/mol. The summed E-state index contributed by atoms with van der Waals surface area (Å²) in [6.07, 6.45) is 3.34. The van der Waals surface area contributed by atoms with Gasteiger partial charge in [-0.25, -0.2) is 17.6 Å². The van der Waals surface area contributed by atoms with E-state index in [0.29, 0.717) is 37.3 Å². The lowest BCUT2D eigenvalue weighted by Crippen LogP contribution is -2.42. The molecule has 0 aliphatic carbocycles. The standard InChI is InChI=1S/C21H32FNO5S/c1-15(16-8-11-23(12-9-16)20(24)28-21(2,3)4)10-13-27-17-6-7-19(18(22)14-17)29(5,25)26/h6-7,14-16H,8-13H2,1-5H3. The Balaban J connectivity index is 1.77. The molecular formula is C21H32FNO5S. The van der Waals surface area contributed by atoms with E-state index in [0.717, 1.165) is 31.6 Å². The van der Waals surface area contributed by atoms with Crippen LogP contribution >= 0.6 is 0 Å². The van der Waals surface area contributed by atoms with Gasteiger partial charge in [-0.05, 0) is 64.0 Å². The van der Waals surface area contributed by atoms with Crippen LogP contribution in [0.1, 0.15) is 47.0 Å². The molecule has 29 heavy (non-hydrogen) atoms. The van der Waals surface area contributed by atoms with Gasteiger partial charge in [0.15, 0.2) is 9.84 Å². The van der Waals surface area contributed by atoms with Crippen molar-refractivity contribution in [1.82, 2.24) is 4.90 Å². The zero-order chi connectivity index (χ0) is 21.8. The van der Waals surface area contributed by atoms with Crippen LogP contribution in [0.25, 0.3) is 0 Å². The lowest BCUT2D eigenvalue weighted by atomic mass is 9.84. The summed E-state index contributed by atoms with van der Waals surface area (Å²) in [6.45, 7) is 9.53. The van der Waals surface area contributed by atoms with Gasteiger partial charge in [-0.1, -0.05) is 6.92 Å². The summed E-state index contributed by atoms with van der Waals surface area (Å²) in [4.78, 5) is 13.6. The molecule has 0 N–H and O–H groups in total. The van der Waals surface area contributed by atoms with E-state index >= 15 is 0 Å². The van der Waals surface area contributed by atoms with Gasteiger partial charge < -0.3 is 14.4 Å². The molecule has 6 nitrogen and oxygen atoms in total. The molecule has 0 bridgehead atoms. The Hall–Kier alpha value is -1.83. The summed E-state index contributed by atoms with van der Waals surface area (Å²) in [7, 11) is -3.59. The Morgan fingerprint density at radius 3 is 2.41 bits per heavy atom. The summed E-state index contributed by atoms with van der Waals surface area (Å²) in [5, 5.41) is 0. The fourth-order valence-corrected chi connectivity index (χ4v) is 4.18. The first-order valence-corrected chi connectivity index (χ1v) is 11.9. The van der Waals surface area contributed by atoms with E-state index < -0.39 is 21.3 Å². The molecule has 2 rings (SSSR count). The second kappa shape index (κ2) is 9.32. The van der Waals surface area contributed by atoms with Crippen LogP contribution in [0.15, 0.2) is 23.1 Å². The maximum atomic E-state index is 13.9. The number of carbonyl (C=O) groups is 1. The zero-order valence-electron chi connectivity index (χ0n) is 17.9. The van der Waals surface area contributed by atoms with Crippen molar-refractivity contribution in [3.8, 4) is 5.75 Å². The van der Waals surface area contributed by atoms with Crippen molar-refractivity contribution in [2.45, 2.75) is 57.5 Å². The molecule has 0 spiro atoms. The molecule has 1 aromatic rings. The third-order valence-corrected chi connectivity index (χ3v) is 6.27. The van der Waals surface area contributed by atoms with Crippen molar-refractivity contribution in [1.29, 1.82) is 0 Å². The van der Waals surface area contributed by atoms with E-state index in [4.69, 9.17) is 9.47 Å². The Morgan fingerprint density at radius 1 is 1.28 bits per heavy atom. The van der Waals surface area contributed by atoms with E-state index in [1.807, 2.05) is 20.8 Å². The Morgan fingerprint density at radius 2 is 1.90 bits per heavy atom. The highest BCUT2D eigenvalue weighted by Crippen LogP contribution is 2.28. The third kappa shape index (κ3) is 7.17. The minimum Gasteiger partial charge on any atom is -0.493 e. The summed E-state index contributed by atoms with van der Waals surface area (Å²) in [6, 6.07) is 3.82. The number of carbonyl (C=O) groups excluding carboxylic acids is 1. The molecule has 1 amide bonds. The number of amides is 1. The molecule has 1 aliphatic rings. The average Bonchev–Trinajstić information content (AvgIpc) is 2.59. The molecule has 164 valence electrons. The van der Waals surface area contributed by atoms with Gasteiger partial charge in [0.05, 0.1) is 6.61 Å². The second-order valence-corrected chi connectivity index (χ2v) is 10.8. The summed E-state index contributed by atoms with van der Waals surface area (Å²) in [5.41, 5.74) is -0.489. The molecule has 1 saturated heterocycles. The maximum Gasteiger partial charge on any atom is 0.410 e. The highest BCUT2D eigenvalue weighted by molar-refractivity contribution is 7.90. The fourth-order valence-electron chi connectivity index (χ4n) is 3.45. The molecule has 1 aliphatic heterocycles. The predicted molar refractivity (Wildman–Crippen MR) is 109 cm³/mol. The molecule has 0 aromatic heterocycles. The number of sulfone groups is 1. The van der Waals surface area contributed by atoms with Crippen molar-refractivity contribution < 1.29 is 27.1 Å². The summed E-state index contributed by atoms with van der Waals surface area (Å²) < 4.78 is 47.9. The van der Waals surface area contributed by atoms with Crippen molar-refractivity contribution in [2.75, 3.05) is 26.0 Å². The van der Waals surface area contributed by atoms with Crippen molar-refractivity contribution >= 4 is 15.9 Å². The zero-order valence-corrected chi connectivity index (χ0v) is 18.7. The third-order valence-electron chi connectivity index (χ3n) is 5.14. The molecule has 1 heterocycles. The summed E-state index contributed by atoms with van der Waals surface area (Å²) in [5.74, 6) is 0.409. The largest absolute Gasteiger partial charge is 0.493 e. The van der Waals surface area contributed by atoms with Crippen molar-refractivity contribution in [3.05, 3.63) is 24.0 Å². The van der Waals surface area contributed by atoms with Crippen LogP contribution in [0, 0.1) is 17.7 Å². The molecule has 1 atom stereocenters. The number of rotatable bonds is 6. The first kappa shape index (κ1) is 23.4. The van der Waals surface area contributed by atoms with Crippen LogP contribution in [-0.2, 0) is 14.6 Å². The maximum absolute atomic E-state index is 13.9. The smallest absolute Gasteiger partial charge is 0.410 e. The minimum atomic E-state index is -3.59. The van der Waals surface area contributed by atoms with Crippen molar-refractivity contribution in [2.24, 2.45) is 11.8 Å². The highest BCUT2D eigenvalue weighted by Gasteiger charge is 2.29. The van der Waals surface area contributed by atoms with Gasteiger partial charge in [0, 0.05) is 25.4 Å². The number of hydrogen-bond donors (Lipinski definition) is 0. The monoisotopic (exact) mass is 429 g/mol. The van der Waals surface area contributed by atoms with Crippen LogP contribution in [0.3, 0.4) is 0 Å². The van der Waals surface area contributed by atoms with Gasteiger partial charge in [0.2, 0.25) is 0 Å². The number of hydrogen-bond acceptors (Lipinski definition) is 5. The Bertz CT molecular complexity index is 811. The second-order valence-electron chi connectivity index (χ2n) is 8.78. The molecule has 1 unspecified atom stereocenters. The van der Waals surface area contributed by atoms with Gasteiger partial charge in [0.1, 0.15) is 22.1 Å². The van der Waals surface area contributed by atoms with Crippen molar-refractivity contribution in [3.63, 3.8) is 0 Å². The van der Waals surface area contributed by atoms with Gasteiger partial charge in [-0.3, -0.25) is 0 Å². The SMILES string of the molecule is CC(CCOc1ccc(S(C)(=O)=O)c(F)c1)C1CCN(C(=O)OC(C)(C)C)CC1. The van der Waals surface area contributed by atoms with Crippen LogP contribution < -0.4 is 4.74 Å². The molecule has 0 saturated carbocycles. The molecule has 0 radical (unpaired) electrons. The fraction of sp³-hybridized carbons (Fsp3) is 0.667. The predicted octanol–water partition coefficient (Wildman–Crippen LogP) is 4.28. The molecule has 8 heteroatoms. The Labute approximate surface area is 173 Å². The van der Waals surface area contributed by atoms with Gasteiger partial charge >= 0.3 is 6.09 Å². The quantitative estimate of drug-likeness (QED) is 0.675. The van der Waals surface area contributed by atoms with Crippen LogP contribution in [-0.4, -0.2) is 51.0 Å². The van der Waals surface area contributed by atoms with Gasteiger partial charge in [-0.15, -0.1) is 0 Å². The first-order chi connectivity index (χ1) is 13.4. The number of ether oxygens (including phenoxy) is 2. The lowest BCUT2D eigenvalue weighted by molar-refractivity contribution is 0.0158. The van der Waals surface area contributed by atoms with Crippen LogP contribution in [0.2, 0.25) is 0 Å². The molecule has 1 fully saturated rings. The van der Waals surface area contributed by atoms with E-state index in [1.165, 1.54) is 12.1 Å². The molecule has 1 aromatic carbocycles.